The SMILES string of the molecule is CC1(C)Cc2nc(N3CC4(CCC(c5ncc(Cl)cn5)CC4)C3)nc(NC3(CO)CCC3)c2[S@@]1=O. The van der Waals surface area contributed by atoms with Crippen LogP contribution in [0.15, 0.2) is 17.3 Å². The molecule has 1 saturated heterocycles. The Morgan fingerprint density at radius 1 is 1.14 bits per heavy atom. The molecule has 8 nitrogen and oxygen atoms in total. The Bertz CT molecular complexity index is 1150. The molecule has 2 saturated carbocycles. The molecule has 3 fully saturated rings. The van der Waals surface area contributed by atoms with Crippen LogP contribution in [0.25, 0.3) is 0 Å². The van der Waals surface area contributed by atoms with E-state index in [2.05, 4.69) is 20.2 Å². The van der Waals surface area contributed by atoms with E-state index in [9.17, 15) is 9.32 Å². The third kappa shape index (κ3) is 4.03. The molecule has 188 valence electrons. The second-order valence-corrected chi connectivity index (χ2v) is 14.1. The summed E-state index contributed by atoms with van der Waals surface area (Å²) in [5.74, 6) is 2.69. The van der Waals surface area contributed by atoms with Gasteiger partial charge >= 0.3 is 0 Å². The van der Waals surface area contributed by atoms with Crippen molar-refractivity contribution < 1.29 is 9.32 Å². The fraction of sp³-hybridized carbons (Fsp3) is 0.680. The number of aliphatic hydroxyl groups is 1. The molecule has 4 heterocycles. The van der Waals surface area contributed by atoms with Crippen LogP contribution in [0.3, 0.4) is 0 Å². The quantitative estimate of drug-likeness (QED) is 0.617. The zero-order valence-corrected chi connectivity index (χ0v) is 22.0. The Kier molecular flexibility index (Phi) is 5.62. The molecule has 2 aliphatic heterocycles. The number of anilines is 2. The number of aromatic nitrogens is 4. The second kappa shape index (κ2) is 8.35. The number of hydrogen-bond donors (Lipinski definition) is 2. The molecule has 35 heavy (non-hydrogen) atoms. The molecule has 0 aromatic carbocycles. The summed E-state index contributed by atoms with van der Waals surface area (Å²) in [5.41, 5.74) is 0.827. The molecule has 1 atom stereocenters. The van der Waals surface area contributed by atoms with Crippen LogP contribution in [-0.4, -0.2) is 59.2 Å². The van der Waals surface area contributed by atoms with Crippen molar-refractivity contribution in [2.24, 2.45) is 5.41 Å². The number of fused-ring (bicyclic) bond motifs is 1. The molecule has 6 rings (SSSR count). The highest BCUT2D eigenvalue weighted by Crippen LogP contribution is 2.49. The van der Waals surface area contributed by atoms with Gasteiger partial charge in [0.05, 0.1) is 38.4 Å². The molecule has 4 aliphatic rings. The molecule has 0 unspecified atom stereocenters. The van der Waals surface area contributed by atoms with Crippen molar-refractivity contribution in [2.45, 2.75) is 86.3 Å². The highest BCUT2D eigenvalue weighted by Gasteiger charge is 2.48. The molecule has 2 aromatic heterocycles. The van der Waals surface area contributed by atoms with E-state index in [-0.39, 0.29) is 16.9 Å². The summed E-state index contributed by atoms with van der Waals surface area (Å²) in [6, 6.07) is 0. The Labute approximate surface area is 213 Å². The Hall–Kier alpha value is -1.84. The van der Waals surface area contributed by atoms with Crippen molar-refractivity contribution in [2.75, 3.05) is 29.9 Å². The molecule has 2 N–H and O–H groups in total. The first-order chi connectivity index (χ1) is 16.7. The van der Waals surface area contributed by atoms with E-state index in [0.29, 0.717) is 28.6 Å². The fourth-order valence-electron chi connectivity index (χ4n) is 6.19. The Balaban J connectivity index is 1.19. The largest absolute Gasteiger partial charge is 0.394 e. The van der Waals surface area contributed by atoms with E-state index in [1.165, 1.54) is 0 Å². The van der Waals surface area contributed by atoms with E-state index < -0.39 is 10.8 Å². The maximum Gasteiger partial charge on any atom is 0.227 e. The molecule has 2 aromatic rings. The van der Waals surface area contributed by atoms with Gasteiger partial charge in [-0.3, -0.25) is 4.21 Å². The van der Waals surface area contributed by atoms with Crippen molar-refractivity contribution in [3.05, 3.63) is 28.9 Å². The lowest BCUT2D eigenvalue weighted by Crippen LogP contribution is -2.58. The third-order valence-corrected chi connectivity index (χ3v) is 10.7. The van der Waals surface area contributed by atoms with Crippen molar-refractivity contribution >= 4 is 34.2 Å². The lowest BCUT2D eigenvalue weighted by atomic mass is 9.66. The van der Waals surface area contributed by atoms with E-state index in [4.69, 9.17) is 21.6 Å². The molecule has 1 spiro atoms. The minimum atomic E-state index is -1.18. The zero-order chi connectivity index (χ0) is 24.4. The van der Waals surface area contributed by atoms with E-state index >= 15 is 0 Å². The standard InChI is InChI=1S/C25H33ClN6O2S/c1-23(2)10-18-19(35(23)34)21(31-25(15-33)6-3-7-25)30-22(29-18)32-13-24(14-32)8-4-16(5-9-24)20-27-11-17(26)12-28-20/h11-12,16,33H,3-10,13-15H2,1-2H3,(H,29,30,31)/t35-/m0/s1. The Morgan fingerprint density at radius 3 is 2.43 bits per heavy atom. The van der Waals surface area contributed by atoms with Crippen molar-refractivity contribution in [1.82, 2.24) is 19.9 Å². The number of nitrogens with one attached hydrogen (secondary N) is 1. The van der Waals surface area contributed by atoms with Crippen LogP contribution in [-0.2, 0) is 17.2 Å². The van der Waals surface area contributed by atoms with Gasteiger partial charge in [-0.2, -0.15) is 4.98 Å². The first-order valence-electron chi connectivity index (χ1n) is 12.7. The van der Waals surface area contributed by atoms with Crippen LogP contribution in [0.2, 0.25) is 5.02 Å². The van der Waals surface area contributed by atoms with Crippen LogP contribution in [0, 0.1) is 5.41 Å². The summed E-state index contributed by atoms with van der Waals surface area (Å²) >= 11 is 5.95. The van der Waals surface area contributed by atoms with Gasteiger partial charge in [-0.25, -0.2) is 15.0 Å². The van der Waals surface area contributed by atoms with Gasteiger partial charge < -0.3 is 15.3 Å². The maximum absolute atomic E-state index is 13.3. The Morgan fingerprint density at radius 2 is 1.83 bits per heavy atom. The zero-order valence-electron chi connectivity index (χ0n) is 20.4. The average molecular weight is 517 g/mol. The van der Waals surface area contributed by atoms with Gasteiger partial charge in [0, 0.05) is 43.2 Å². The summed E-state index contributed by atoms with van der Waals surface area (Å²) in [6.45, 7) is 6.00. The maximum atomic E-state index is 13.3. The van der Waals surface area contributed by atoms with Gasteiger partial charge in [0.25, 0.3) is 0 Å². The highest BCUT2D eigenvalue weighted by atomic mass is 35.5. The summed E-state index contributed by atoms with van der Waals surface area (Å²) in [4.78, 5) is 21.7. The predicted octanol–water partition coefficient (Wildman–Crippen LogP) is 3.85. The number of nitrogens with zero attached hydrogens (tertiary/aromatic N) is 5. The number of rotatable bonds is 5. The molecule has 0 amide bonds. The molecular weight excluding hydrogens is 484 g/mol. The first kappa shape index (κ1) is 23.6. The van der Waals surface area contributed by atoms with Crippen molar-refractivity contribution in [3.63, 3.8) is 0 Å². The molecule has 0 radical (unpaired) electrons. The van der Waals surface area contributed by atoms with Gasteiger partial charge in [0.1, 0.15) is 16.5 Å². The lowest BCUT2D eigenvalue weighted by molar-refractivity contribution is 0.124. The van der Waals surface area contributed by atoms with Crippen LogP contribution in [0.4, 0.5) is 11.8 Å². The predicted molar refractivity (Wildman–Crippen MR) is 136 cm³/mol. The average Bonchev–Trinajstić information content (AvgIpc) is 3.03. The highest BCUT2D eigenvalue weighted by molar-refractivity contribution is 7.87. The minimum Gasteiger partial charge on any atom is -0.394 e. The van der Waals surface area contributed by atoms with E-state index in [1.807, 2.05) is 13.8 Å². The van der Waals surface area contributed by atoms with Gasteiger partial charge in [-0.05, 0) is 58.8 Å². The lowest BCUT2D eigenvalue weighted by Gasteiger charge is -2.53. The summed E-state index contributed by atoms with van der Waals surface area (Å²) < 4.78 is 12.9. The summed E-state index contributed by atoms with van der Waals surface area (Å²) in [5, 5.41) is 14.1. The van der Waals surface area contributed by atoms with E-state index in [0.717, 1.165) is 80.4 Å². The minimum absolute atomic E-state index is 0.0580. The second-order valence-electron chi connectivity index (χ2n) is 11.7. The normalized spacial score (nSPS) is 26.2. The molecule has 2 aliphatic carbocycles. The van der Waals surface area contributed by atoms with Gasteiger partial charge in [0.2, 0.25) is 5.95 Å². The van der Waals surface area contributed by atoms with E-state index in [1.54, 1.807) is 12.4 Å². The summed E-state index contributed by atoms with van der Waals surface area (Å²) in [7, 11) is -1.18. The van der Waals surface area contributed by atoms with Gasteiger partial charge in [-0.15, -0.1) is 0 Å². The van der Waals surface area contributed by atoms with Gasteiger partial charge in [0.15, 0.2) is 0 Å². The number of hydrogen-bond acceptors (Lipinski definition) is 8. The van der Waals surface area contributed by atoms with Crippen molar-refractivity contribution in [3.8, 4) is 0 Å². The summed E-state index contributed by atoms with van der Waals surface area (Å²) in [6.07, 6.45) is 11.4. The molecular formula is C25H33ClN6O2S. The number of aliphatic hydroxyl groups excluding tert-OH is 1. The monoisotopic (exact) mass is 516 g/mol. The smallest absolute Gasteiger partial charge is 0.227 e. The number of halogens is 1. The first-order valence-corrected chi connectivity index (χ1v) is 14.2. The van der Waals surface area contributed by atoms with Crippen LogP contribution in [0.5, 0.6) is 0 Å². The van der Waals surface area contributed by atoms with Gasteiger partial charge in [-0.1, -0.05) is 11.6 Å². The fourth-order valence-corrected chi connectivity index (χ4v) is 7.71. The van der Waals surface area contributed by atoms with Crippen LogP contribution in [0.1, 0.15) is 76.2 Å². The van der Waals surface area contributed by atoms with Crippen LogP contribution < -0.4 is 10.2 Å². The topological polar surface area (TPSA) is 104 Å². The van der Waals surface area contributed by atoms with Crippen molar-refractivity contribution in [1.29, 1.82) is 0 Å². The molecule has 0 bridgehead atoms. The third-order valence-electron chi connectivity index (χ3n) is 8.59. The van der Waals surface area contributed by atoms with Crippen LogP contribution >= 0.6 is 11.6 Å². The molecule has 10 heteroatoms.